The summed E-state index contributed by atoms with van der Waals surface area (Å²) in [7, 11) is 5.10. The number of hydrogen-bond donors (Lipinski definition) is 0. The highest BCUT2D eigenvalue weighted by Gasteiger charge is 2.13. The third kappa shape index (κ3) is 11.2. The number of ether oxygens (including phenoxy) is 2. The van der Waals surface area contributed by atoms with E-state index in [0.29, 0.717) is 12.4 Å². The van der Waals surface area contributed by atoms with Crippen molar-refractivity contribution in [3.63, 3.8) is 0 Å². The summed E-state index contributed by atoms with van der Waals surface area (Å²) in [4.78, 5) is 14.9. The van der Waals surface area contributed by atoms with E-state index in [1.54, 1.807) is 19.2 Å². The Morgan fingerprint density at radius 1 is 0.941 bits per heavy atom. The van der Waals surface area contributed by atoms with Crippen LogP contribution in [0.4, 0.5) is 9.57 Å². The number of rotatable bonds is 6. The molecule has 34 heavy (non-hydrogen) atoms. The summed E-state index contributed by atoms with van der Waals surface area (Å²) in [6, 6.07) is 19.7. The Hall–Kier alpha value is -3.06. The van der Waals surface area contributed by atoms with Gasteiger partial charge in [-0.2, -0.15) is 3.89 Å². The number of hydrogen-bond acceptors (Lipinski definition) is 6. The molecule has 0 saturated heterocycles. The summed E-state index contributed by atoms with van der Waals surface area (Å²) in [5.74, 6) is 1.22. The first-order chi connectivity index (χ1) is 16.4. The first kappa shape index (κ1) is 30.9. The lowest BCUT2D eigenvalue weighted by molar-refractivity contribution is -0.106. The minimum atomic E-state index is 0.0992. The zero-order valence-corrected chi connectivity index (χ0v) is 22.3. The van der Waals surface area contributed by atoms with Gasteiger partial charge < -0.3 is 19.2 Å². The molecule has 186 valence electrons. The molecule has 0 aliphatic heterocycles. The number of para-hydroxylation sites is 1. The van der Waals surface area contributed by atoms with E-state index in [-0.39, 0.29) is 17.2 Å². The number of aldehydes is 1. The van der Waals surface area contributed by atoms with Gasteiger partial charge in [0.2, 0.25) is 5.88 Å². The minimum absolute atomic E-state index is 0.0992. The molecule has 1 aromatic heterocycles. The van der Waals surface area contributed by atoms with Gasteiger partial charge in [0.15, 0.2) is 0 Å². The van der Waals surface area contributed by atoms with Gasteiger partial charge in [0, 0.05) is 19.2 Å². The molecule has 0 aliphatic carbocycles. The summed E-state index contributed by atoms with van der Waals surface area (Å²) in [5, 5.41) is 0.279. The van der Waals surface area contributed by atoms with Crippen molar-refractivity contribution >= 4 is 24.1 Å². The molecule has 0 radical (unpaired) electrons. The third-order valence-electron chi connectivity index (χ3n) is 4.32. The predicted octanol–water partition coefficient (Wildman–Crippen LogP) is 7.25. The fourth-order valence-electron chi connectivity index (χ4n) is 2.71. The standard InChI is InChI=1S/C15H17FN2O2S.C8H10.C2H4O.C2H6/c1-18(10-11-6-4-5-7-13(11)19-2)12-8-9-14(21-16)17-15(12)20-3;1-7-3-5-8(2)6-4-7;1-2-3;1-2/h4-9H,10H2,1-3H3;3-6H,1-2H3;2H,1H3;1-2H3. The fraction of sp³-hybridized carbons (Fsp3) is 0.333. The van der Waals surface area contributed by atoms with Crippen LogP contribution >= 0.6 is 12.1 Å². The Morgan fingerprint density at radius 3 is 1.94 bits per heavy atom. The maximum absolute atomic E-state index is 12.6. The number of carbonyl (C=O) groups is 1. The number of pyridine rings is 1. The normalized spacial score (nSPS) is 9.09. The molecule has 0 atom stereocenters. The second kappa shape index (κ2) is 18.4. The lowest BCUT2D eigenvalue weighted by Crippen LogP contribution is -2.18. The smallest absolute Gasteiger partial charge is 0.238 e. The maximum atomic E-state index is 12.6. The highest BCUT2D eigenvalue weighted by atomic mass is 32.2. The molecule has 7 heteroatoms. The number of carbonyl (C=O) groups excluding carboxylic acids is 1. The molecule has 0 aliphatic rings. The molecule has 2 aromatic carbocycles. The van der Waals surface area contributed by atoms with Gasteiger partial charge in [-0.25, -0.2) is 4.98 Å². The van der Waals surface area contributed by atoms with Gasteiger partial charge in [-0.05, 0) is 39.0 Å². The molecule has 0 unspecified atom stereocenters. The zero-order chi connectivity index (χ0) is 25.9. The molecule has 0 bridgehead atoms. The van der Waals surface area contributed by atoms with Crippen molar-refractivity contribution in [2.24, 2.45) is 0 Å². The first-order valence-corrected chi connectivity index (χ1v) is 11.7. The van der Waals surface area contributed by atoms with Gasteiger partial charge in [0.1, 0.15) is 29.2 Å². The Kier molecular flexibility index (Phi) is 16.7. The van der Waals surface area contributed by atoms with Gasteiger partial charge in [-0.15, -0.1) is 0 Å². The van der Waals surface area contributed by atoms with Crippen LogP contribution < -0.4 is 14.4 Å². The first-order valence-electron chi connectivity index (χ1n) is 11.0. The van der Waals surface area contributed by atoms with Crippen molar-refractivity contribution in [3.8, 4) is 11.6 Å². The van der Waals surface area contributed by atoms with E-state index < -0.39 is 0 Å². The van der Waals surface area contributed by atoms with Crippen LogP contribution in [0.15, 0.2) is 65.7 Å². The number of methoxy groups -OCH3 is 2. The predicted molar refractivity (Wildman–Crippen MR) is 142 cm³/mol. The maximum Gasteiger partial charge on any atom is 0.238 e. The molecule has 3 rings (SSSR count). The number of nitrogens with zero attached hydrogens (tertiary/aromatic N) is 2. The number of halogens is 1. The molecule has 0 amide bonds. The van der Waals surface area contributed by atoms with Crippen LogP contribution in [0.3, 0.4) is 0 Å². The van der Waals surface area contributed by atoms with Gasteiger partial charge in [0.05, 0.1) is 19.9 Å². The van der Waals surface area contributed by atoms with Crippen LogP contribution in [0.1, 0.15) is 37.5 Å². The lowest BCUT2D eigenvalue weighted by Gasteiger charge is -2.22. The molecule has 3 aromatic rings. The van der Waals surface area contributed by atoms with Gasteiger partial charge in [-0.1, -0.05) is 67.4 Å². The largest absolute Gasteiger partial charge is 0.496 e. The monoisotopic (exact) mass is 488 g/mol. The van der Waals surface area contributed by atoms with Gasteiger partial charge in [0.25, 0.3) is 0 Å². The van der Waals surface area contributed by atoms with Crippen molar-refractivity contribution < 1.29 is 18.2 Å². The van der Waals surface area contributed by atoms with Crippen LogP contribution in [0.25, 0.3) is 0 Å². The molecule has 0 saturated carbocycles. The number of anilines is 1. The van der Waals surface area contributed by atoms with E-state index >= 15 is 0 Å². The molecule has 0 N–H and O–H groups in total. The van der Waals surface area contributed by atoms with Crippen LogP contribution in [-0.2, 0) is 11.3 Å². The molecule has 0 spiro atoms. The van der Waals surface area contributed by atoms with Crippen LogP contribution in [0, 0.1) is 13.8 Å². The summed E-state index contributed by atoms with van der Waals surface area (Å²) in [6.45, 7) is 10.3. The third-order valence-corrected chi connectivity index (χ3v) is 4.70. The SMILES string of the molecule is CC.CC=O.COc1ccccc1CN(C)c1ccc(SF)nc1OC.Cc1ccc(C)cc1. The summed E-state index contributed by atoms with van der Waals surface area (Å²) in [6.07, 6.45) is 0.750. The van der Waals surface area contributed by atoms with E-state index in [0.717, 1.165) is 23.3 Å². The fourth-order valence-corrected chi connectivity index (χ4v) is 2.95. The van der Waals surface area contributed by atoms with Crippen LogP contribution in [0.2, 0.25) is 0 Å². The van der Waals surface area contributed by atoms with Crippen molar-refractivity contribution in [1.29, 1.82) is 0 Å². The van der Waals surface area contributed by atoms with E-state index in [4.69, 9.17) is 14.3 Å². The highest BCUT2D eigenvalue weighted by Crippen LogP contribution is 2.31. The van der Waals surface area contributed by atoms with Crippen LogP contribution in [-0.4, -0.2) is 32.5 Å². The highest BCUT2D eigenvalue weighted by molar-refractivity contribution is 7.94. The Bertz CT molecular complexity index is 932. The topological polar surface area (TPSA) is 51.7 Å². The molecular formula is C27H37FN2O3S. The van der Waals surface area contributed by atoms with Crippen molar-refractivity contribution in [3.05, 3.63) is 77.4 Å². The lowest BCUT2D eigenvalue weighted by atomic mass is 10.2. The molecule has 1 heterocycles. The molecule has 0 fully saturated rings. The molecule has 5 nitrogen and oxygen atoms in total. The van der Waals surface area contributed by atoms with Gasteiger partial charge in [-0.3, -0.25) is 0 Å². The molecular weight excluding hydrogens is 451 g/mol. The average molecular weight is 489 g/mol. The Labute approximate surface area is 208 Å². The minimum Gasteiger partial charge on any atom is -0.496 e. The summed E-state index contributed by atoms with van der Waals surface area (Å²) < 4.78 is 23.2. The van der Waals surface area contributed by atoms with Crippen LogP contribution in [0.5, 0.6) is 11.6 Å². The number of aryl methyl sites for hydroxylation is 2. The van der Waals surface area contributed by atoms with E-state index in [2.05, 4.69) is 43.1 Å². The summed E-state index contributed by atoms with van der Waals surface area (Å²) >= 11 is 0.0992. The van der Waals surface area contributed by atoms with Crippen molar-refractivity contribution in [2.45, 2.75) is 46.2 Å². The second-order valence-corrected chi connectivity index (χ2v) is 7.39. The number of benzene rings is 2. The number of aromatic nitrogens is 1. The Morgan fingerprint density at radius 2 is 1.47 bits per heavy atom. The van der Waals surface area contributed by atoms with Gasteiger partial charge >= 0.3 is 0 Å². The van der Waals surface area contributed by atoms with E-state index in [1.807, 2.05) is 50.1 Å². The van der Waals surface area contributed by atoms with Crippen molar-refractivity contribution in [1.82, 2.24) is 4.98 Å². The average Bonchev–Trinajstić information content (AvgIpc) is 2.87. The Balaban J connectivity index is 0.000000692. The summed E-state index contributed by atoms with van der Waals surface area (Å²) in [5.41, 5.74) is 4.50. The zero-order valence-electron chi connectivity index (χ0n) is 21.5. The van der Waals surface area contributed by atoms with E-state index in [1.165, 1.54) is 25.2 Å². The van der Waals surface area contributed by atoms with E-state index in [9.17, 15) is 3.89 Å². The van der Waals surface area contributed by atoms with Crippen molar-refractivity contribution in [2.75, 3.05) is 26.2 Å². The quantitative estimate of drug-likeness (QED) is 0.341. The second-order valence-electron chi connectivity index (χ2n) is 6.81.